The zero-order valence-electron chi connectivity index (χ0n) is 32.3. The zero-order valence-corrected chi connectivity index (χ0v) is 32.3. The second kappa shape index (κ2) is 21.8. The standard InChI is InChI=1S/C41H53N7O9/c1-26(2)36(37(50)48(34(38(51)52)15-10-22-44-39(43)53)28-19-17-27(18-20-28)23-56-41(55)46-25-42)47-35(49)16-4-3-9-21-45-40(54)57-24-33-31-13-7-5-11-29(31)30-12-6-8-14-32(30)33/h5-8,11-14,17-20,26,33-34,36H,3-4,9-10,15-16,21-25,42H2,1-2H3,(H,45,54)(H,46,55)(H,47,49)(H,51,52)(H3,43,44,53)/t34-,36-/m0/s1. The van der Waals surface area contributed by atoms with E-state index in [4.69, 9.17) is 20.9 Å². The molecular weight excluding hydrogens is 734 g/mol. The van der Waals surface area contributed by atoms with Gasteiger partial charge in [0.1, 0.15) is 25.3 Å². The lowest BCUT2D eigenvalue weighted by atomic mass is 9.98. The van der Waals surface area contributed by atoms with Crippen LogP contribution in [-0.4, -0.2) is 79.6 Å². The van der Waals surface area contributed by atoms with Crippen LogP contribution in [0.4, 0.5) is 20.1 Å². The van der Waals surface area contributed by atoms with Gasteiger partial charge in [0.2, 0.25) is 5.91 Å². The van der Waals surface area contributed by atoms with E-state index in [2.05, 4.69) is 45.5 Å². The summed E-state index contributed by atoms with van der Waals surface area (Å²) in [6.45, 7) is 3.95. The Labute approximate surface area is 332 Å². The van der Waals surface area contributed by atoms with Gasteiger partial charge in [0.05, 0.1) is 6.67 Å². The van der Waals surface area contributed by atoms with Crippen molar-refractivity contribution in [2.45, 2.75) is 77.0 Å². The number of rotatable bonds is 21. The third kappa shape index (κ3) is 12.7. The Morgan fingerprint density at radius 3 is 1.98 bits per heavy atom. The van der Waals surface area contributed by atoms with Crippen molar-refractivity contribution >= 4 is 41.7 Å². The van der Waals surface area contributed by atoms with Crippen LogP contribution in [0.3, 0.4) is 0 Å². The van der Waals surface area contributed by atoms with Gasteiger partial charge in [-0.05, 0) is 71.6 Å². The largest absolute Gasteiger partial charge is 0.480 e. The summed E-state index contributed by atoms with van der Waals surface area (Å²) >= 11 is 0. The highest BCUT2D eigenvalue weighted by molar-refractivity contribution is 6.03. The van der Waals surface area contributed by atoms with E-state index in [1.807, 2.05) is 24.3 Å². The number of aliphatic carboxylic acids is 1. The minimum absolute atomic E-state index is 0.0334. The van der Waals surface area contributed by atoms with Crippen LogP contribution in [-0.2, 0) is 30.5 Å². The first-order chi connectivity index (χ1) is 27.4. The summed E-state index contributed by atoms with van der Waals surface area (Å²) in [5.74, 6) is -2.75. The van der Waals surface area contributed by atoms with Gasteiger partial charge in [-0.1, -0.05) is 80.9 Å². The summed E-state index contributed by atoms with van der Waals surface area (Å²) in [7, 11) is 0. The topological polar surface area (TPSA) is 245 Å². The third-order valence-electron chi connectivity index (χ3n) is 9.56. The molecule has 16 heteroatoms. The highest BCUT2D eigenvalue weighted by Gasteiger charge is 2.37. The number of ether oxygens (including phenoxy) is 2. The fourth-order valence-electron chi connectivity index (χ4n) is 6.70. The fraction of sp³-hybridized carbons (Fsp3) is 0.415. The highest BCUT2D eigenvalue weighted by Crippen LogP contribution is 2.44. The Balaban J connectivity index is 1.30. The normalized spacial score (nSPS) is 12.7. The molecule has 0 spiro atoms. The number of primary amides is 1. The number of alkyl carbamates (subject to hydrolysis) is 2. The second-order valence-corrected chi connectivity index (χ2v) is 14.0. The molecule has 9 N–H and O–H groups in total. The molecule has 6 amide bonds. The number of nitrogens with two attached hydrogens (primary N) is 2. The van der Waals surface area contributed by atoms with E-state index >= 15 is 0 Å². The fourth-order valence-corrected chi connectivity index (χ4v) is 6.70. The van der Waals surface area contributed by atoms with Crippen molar-refractivity contribution in [1.29, 1.82) is 0 Å². The first-order valence-electron chi connectivity index (χ1n) is 19.1. The Morgan fingerprint density at radius 1 is 0.772 bits per heavy atom. The first kappa shape index (κ1) is 43.6. The van der Waals surface area contributed by atoms with Crippen LogP contribution in [0.5, 0.6) is 0 Å². The van der Waals surface area contributed by atoms with E-state index in [9.17, 15) is 33.9 Å². The van der Waals surface area contributed by atoms with E-state index in [0.717, 1.165) is 27.2 Å². The summed E-state index contributed by atoms with van der Waals surface area (Å²) in [5, 5.41) is 20.6. The molecule has 0 heterocycles. The second-order valence-electron chi connectivity index (χ2n) is 14.0. The number of nitrogens with zero attached hydrogens (tertiary/aromatic N) is 1. The molecule has 0 aromatic heterocycles. The number of carboxylic acid groups (broad SMARTS) is 1. The number of urea groups is 1. The average molecular weight is 788 g/mol. The SMILES string of the molecule is CC(C)[C@H](NC(=O)CCCCCNC(=O)OCC1c2ccccc2-c2ccccc21)C(=O)N(c1ccc(COC(=O)NCN)cc1)[C@@H](CCCNC(N)=O)C(=O)O. The van der Waals surface area contributed by atoms with Crippen molar-refractivity contribution in [2.75, 3.05) is 31.3 Å². The number of carbonyl (C=O) groups excluding carboxylic acids is 5. The maximum absolute atomic E-state index is 14.2. The third-order valence-corrected chi connectivity index (χ3v) is 9.56. The predicted octanol–water partition coefficient (Wildman–Crippen LogP) is 4.30. The molecule has 3 aromatic rings. The molecule has 2 atom stereocenters. The maximum Gasteiger partial charge on any atom is 0.408 e. The van der Waals surface area contributed by atoms with Gasteiger partial charge in [0, 0.05) is 31.1 Å². The summed E-state index contributed by atoms with van der Waals surface area (Å²) in [6, 6.07) is 19.3. The lowest BCUT2D eigenvalue weighted by Gasteiger charge is -2.34. The van der Waals surface area contributed by atoms with Gasteiger partial charge < -0.3 is 47.3 Å². The quantitative estimate of drug-likeness (QED) is 0.0596. The highest BCUT2D eigenvalue weighted by atomic mass is 16.6. The lowest BCUT2D eigenvalue weighted by molar-refractivity contribution is -0.140. The number of unbranched alkanes of at least 4 members (excludes halogenated alkanes) is 2. The van der Waals surface area contributed by atoms with E-state index in [0.29, 0.717) is 31.4 Å². The lowest BCUT2D eigenvalue weighted by Crippen LogP contribution is -2.56. The van der Waals surface area contributed by atoms with Gasteiger partial charge in [-0.25, -0.2) is 19.2 Å². The molecule has 0 saturated heterocycles. The van der Waals surface area contributed by atoms with Crippen LogP contribution in [0.25, 0.3) is 11.1 Å². The number of anilines is 1. The Bertz CT molecular complexity index is 1810. The van der Waals surface area contributed by atoms with Crippen molar-refractivity contribution in [3.05, 3.63) is 89.5 Å². The predicted molar refractivity (Wildman–Crippen MR) is 213 cm³/mol. The molecule has 57 heavy (non-hydrogen) atoms. The molecule has 4 rings (SSSR count). The number of carbonyl (C=O) groups is 6. The molecule has 1 aliphatic rings. The van der Waals surface area contributed by atoms with Crippen molar-refractivity contribution in [1.82, 2.24) is 21.3 Å². The van der Waals surface area contributed by atoms with Crippen LogP contribution < -0.4 is 37.6 Å². The molecule has 306 valence electrons. The van der Waals surface area contributed by atoms with Crippen LogP contribution in [0.15, 0.2) is 72.8 Å². The summed E-state index contributed by atoms with van der Waals surface area (Å²) < 4.78 is 10.7. The molecule has 0 bridgehead atoms. The first-order valence-corrected chi connectivity index (χ1v) is 19.1. The van der Waals surface area contributed by atoms with E-state index in [-0.39, 0.29) is 63.2 Å². The van der Waals surface area contributed by atoms with E-state index < -0.39 is 48.1 Å². The van der Waals surface area contributed by atoms with Gasteiger partial charge in [-0.15, -0.1) is 0 Å². The van der Waals surface area contributed by atoms with Crippen molar-refractivity contribution < 1.29 is 43.3 Å². The number of fused-ring (bicyclic) bond motifs is 3. The van der Waals surface area contributed by atoms with Crippen LogP contribution in [0.1, 0.15) is 75.0 Å². The van der Waals surface area contributed by atoms with Gasteiger partial charge in [0.25, 0.3) is 5.91 Å². The number of nitrogens with one attached hydrogen (secondary N) is 4. The molecule has 1 aliphatic carbocycles. The Morgan fingerprint density at radius 2 is 1.39 bits per heavy atom. The number of hydrogen-bond donors (Lipinski definition) is 7. The van der Waals surface area contributed by atoms with Crippen LogP contribution >= 0.6 is 0 Å². The van der Waals surface area contributed by atoms with Crippen molar-refractivity contribution in [3.8, 4) is 11.1 Å². The maximum atomic E-state index is 14.2. The van der Waals surface area contributed by atoms with Gasteiger partial charge >= 0.3 is 24.2 Å². The smallest absolute Gasteiger partial charge is 0.408 e. The molecule has 0 saturated carbocycles. The van der Waals surface area contributed by atoms with Gasteiger partial charge in [-0.2, -0.15) is 0 Å². The average Bonchev–Trinajstić information content (AvgIpc) is 3.51. The number of amides is 6. The van der Waals surface area contributed by atoms with E-state index in [1.54, 1.807) is 26.0 Å². The summed E-state index contributed by atoms with van der Waals surface area (Å²) in [6.07, 6.45) is 0.742. The Kier molecular flexibility index (Phi) is 16.7. The zero-order chi connectivity index (χ0) is 41.3. The minimum Gasteiger partial charge on any atom is -0.480 e. The molecule has 0 fully saturated rings. The minimum atomic E-state index is -1.35. The summed E-state index contributed by atoms with van der Waals surface area (Å²) in [4.78, 5) is 76.5. The molecule has 3 aromatic carbocycles. The monoisotopic (exact) mass is 787 g/mol. The molecular formula is C41H53N7O9. The Hall–Kier alpha value is -6.16. The summed E-state index contributed by atoms with van der Waals surface area (Å²) in [5.41, 5.74) is 15.8. The van der Waals surface area contributed by atoms with Gasteiger partial charge in [-0.3, -0.25) is 14.5 Å². The van der Waals surface area contributed by atoms with Crippen LogP contribution in [0, 0.1) is 5.92 Å². The molecule has 0 unspecified atom stereocenters. The number of benzene rings is 3. The number of carboxylic acids is 1. The van der Waals surface area contributed by atoms with E-state index in [1.165, 1.54) is 12.1 Å². The molecule has 0 radical (unpaired) electrons. The number of hydrogen-bond acceptors (Lipinski definition) is 9. The molecule has 0 aliphatic heterocycles. The molecule has 16 nitrogen and oxygen atoms in total. The van der Waals surface area contributed by atoms with Gasteiger partial charge in [0.15, 0.2) is 0 Å². The van der Waals surface area contributed by atoms with Crippen LogP contribution in [0.2, 0.25) is 0 Å². The van der Waals surface area contributed by atoms with Crippen molar-refractivity contribution in [2.24, 2.45) is 17.4 Å². The van der Waals surface area contributed by atoms with Crippen molar-refractivity contribution in [3.63, 3.8) is 0 Å².